The van der Waals surface area contributed by atoms with Crippen molar-refractivity contribution in [1.29, 1.82) is 0 Å². The Morgan fingerprint density at radius 1 is 0.400 bits per heavy atom. The van der Waals surface area contributed by atoms with Crippen molar-refractivity contribution in [1.82, 2.24) is 0 Å². The first-order valence-corrected chi connectivity index (χ1v) is 0. The van der Waals surface area contributed by atoms with Crippen molar-refractivity contribution in [2.45, 2.75) is 0 Å². The molecule has 0 aromatic heterocycles. The fraction of sp³-hybridized carbons (Fsp3) is 0. The van der Waals surface area contributed by atoms with Crippen molar-refractivity contribution in [3.8, 4) is 0 Å². The molecule has 0 amide bonds. The van der Waals surface area contributed by atoms with E-state index in [9.17, 15) is 0 Å². The van der Waals surface area contributed by atoms with Gasteiger partial charge in [0.1, 0.15) is 0 Å². The van der Waals surface area contributed by atoms with Crippen LogP contribution in [0.3, 0.4) is 0 Å². The Morgan fingerprint density at radius 2 is 0.400 bits per heavy atom. The van der Waals surface area contributed by atoms with Crippen molar-refractivity contribution in [3.05, 3.63) is 0 Å². The minimum Gasteiger partial charge on any atom is -0.0626 e. The van der Waals surface area contributed by atoms with Crippen LogP contribution in [0, 0.1) is 0 Å². The maximum absolute atomic E-state index is 0. The van der Waals surface area contributed by atoms with Gasteiger partial charge in [0, 0.05) is 0 Å². The molecule has 0 heterocycles. The monoisotopic (exact) mass is 108 g/mol. The molecule has 0 atom stereocenters. The van der Waals surface area contributed by atoms with Crippen LogP contribution in [0.2, 0.25) is 0 Å². The van der Waals surface area contributed by atoms with Crippen LogP contribution in [-0.2, 0) is 21.7 Å². The molecule has 0 saturated carbocycles. The van der Waals surface area contributed by atoms with Crippen LogP contribution >= 0.6 is 0 Å². The predicted octanol–water partition coefficient (Wildman–Crippen LogP) is -5.81. The van der Waals surface area contributed by atoms with Gasteiger partial charge in [0.05, 0.1) is 0 Å². The second-order valence-corrected chi connectivity index (χ2v) is 0. The molecular formula is H16B4Ti. The Morgan fingerprint density at radius 3 is 0.400 bits per heavy atom. The van der Waals surface area contributed by atoms with Crippen molar-refractivity contribution in [2.24, 2.45) is 0 Å². The zero-order valence-electron chi connectivity index (χ0n) is 0.500. The van der Waals surface area contributed by atoms with Crippen LogP contribution in [0.15, 0.2) is 0 Å². The molecule has 0 N–H and O–H groups in total. The molecule has 0 fully saturated rings. The molecule has 32 valence electrons. The van der Waals surface area contributed by atoms with Crippen LogP contribution in [0.5, 0.6) is 0 Å². The minimum absolute atomic E-state index is 0. The van der Waals surface area contributed by atoms with E-state index in [0.717, 1.165) is 0 Å². The summed E-state index contributed by atoms with van der Waals surface area (Å²) in [4.78, 5) is 0. The summed E-state index contributed by atoms with van der Waals surface area (Å²) in [6.07, 6.45) is 0. The van der Waals surface area contributed by atoms with Crippen LogP contribution in [0.4, 0.5) is 0 Å². The maximum Gasteiger partial charge on any atom is 4.00 e. The van der Waals surface area contributed by atoms with E-state index >= 15 is 0 Å². The van der Waals surface area contributed by atoms with Gasteiger partial charge in [-0.3, -0.25) is 0 Å². The zero-order chi connectivity index (χ0) is 0. The summed E-state index contributed by atoms with van der Waals surface area (Å²) in [6.45, 7) is 0. The molecule has 0 aromatic carbocycles. The van der Waals surface area contributed by atoms with Gasteiger partial charge in [0.15, 0.2) is 0 Å². The minimum atomic E-state index is 0. The van der Waals surface area contributed by atoms with Crippen LogP contribution in [0.25, 0.3) is 0 Å². The van der Waals surface area contributed by atoms with E-state index in [1.807, 2.05) is 0 Å². The number of rotatable bonds is 0. The van der Waals surface area contributed by atoms with Crippen molar-refractivity contribution in [2.75, 3.05) is 0 Å². The van der Waals surface area contributed by atoms with Crippen LogP contribution in [0.1, 0.15) is 0 Å². The van der Waals surface area contributed by atoms with Crippen molar-refractivity contribution >= 4 is 33.7 Å². The van der Waals surface area contributed by atoms with E-state index in [0.29, 0.717) is 0 Å². The van der Waals surface area contributed by atoms with Gasteiger partial charge in [-0.2, -0.15) is 0 Å². The van der Waals surface area contributed by atoms with Gasteiger partial charge in [0.25, 0.3) is 0 Å². The Balaban J connectivity index is 0. The Bertz CT molecular complexity index is 3.61. The van der Waals surface area contributed by atoms with Crippen molar-refractivity contribution in [3.63, 3.8) is 0 Å². The summed E-state index contributed by atoms with van der Waals surface area (Å²) in [5.74, 6) is 0. The average Bonchev–Trinajstić information content (AvgIpc) is 0. The van der Waals surface area contributed by atoms with Gasteiger partial charge >= 0.3 is 21.7 Å². The number of hydrogen-bond acceptors (Lipinski definition) is 0. The second-order valence-electron chi connectivity index (χ2n) is 0. The molecule has 0 saturated heterocycles. The van der Waals surface area contributed by atoms with E-state index in [4.69, 9.17) is 0 Å². The first-order valence-electron chi connectivity index (χ1n) is 0. The molecule has 0 radical (unpaired) electrons. The summed E-state index contributed by atoms with van der Waals surface area (Å²) < 4.78 is 0. The summed E-state index contributed by atoms with van der Waals surface area (Å²) in [5, 5.41) is 0. The predicted molar refractivity (Wildman–Crippen MR) is 45.3 cm³/mol. The molecule has 0 aliphatic carbocycles. The van der Waals surface area contributed by atoms with Crippen molar-refractivity contribution < 1.29 is 21.7 Å². The standard InChI is InChI=1S/4BH4.Ti/h4*1H4;/q4*-1;+4. The first-order chi connectivity index (χ1) is 0. The Kier molecular flexibility index (Phi) is 2580. The maximum atomic E-state index is 0. The van der Waals surface area contributed by atoms with E-state index < -0.39 is 0 Å². The topological polar surface area (TPSA) is 0 Å². The van der Waals surface area contributed by atoms with Gasteiger partial charge in [-0.25, -0.2) is 0 Å². The normalized spacial score (nSPS) is 0. The third kappa shape index (κ3) is 46.4. The fourth-order valence-corrected chi connectivity index (χ4v) is 0. The molecule has 5 heavy (non-hydrogen) atoms. The van der Waals surface area contributed by atoms with Gasteiger partial charge in [-0.15, -0.1) is 0 Å². The van der Waals surface area contributed by atoms with Gasteiger partial charge < -0.3 is 0 Å². The Labute approximate surface area is 55.7 Å². The molecule has 0 bridgehead atoms. The average molecular weight is 107 g/mol. The summed E-state index contributed by atoms with van der Waals surface area (Å²) in [6, 6.07) is 0. The SMILES string of the molecule is [BH4-].[BH4-].[BH4-].[BH4-].[Ti+4]. The largest absolute Gasteiger partial charge is 4.00 e. The van der Waals surface area contributed by atoms with Crippen LogP contribution < -0.4 is 0 Å². The molecule has 0 unspecified atom stereocenters. The molecule has 0 aromatic rings. The summed E-state index contributed by atoms with van der Waals surface area (Å²) in [5.41, 5.74) is 0. The molecule has 0 nitrogen and oxygen atoms in total. The fourth-order valence-electron chi connectivity index (χ4n) is 0. The Hall–Kier alpha value is 0.974. The third-order valence-electron chi connectivity index (χ3n) is 0. The van der Waals surface area contributed by atoms with E-state index in [1.165, 1.54) is 0 Å². The first kappa shape index (κ1) is 156. The molecule has 0 aliphatic rings. The molecule has 0 rings (SSSR count). The summed E-state index contributed by atoms with van der Waals surface area (Å²) in [7, 11) is 0. The second kappa shape index (κ2) is 82.8. The van der Waals surface area contributed by atoms with Gasteiger partial charge in [0.2, 0.25) is 0 Å². The summed E-state index contributed by atoms with van der Waals surface area (Å²) >= 11 is 0. The molecule has 0 spiro atoms. The third-order valence-corrected chi connectivity index (χ3v) is 0. The van der Waals surface area contributed by atoms with Crippen LogP contribution in [-0.4, -0.2) is 33.7 Å². The van der Waals surface area contributed by atoms with E-state index in [-0.39, 0.29) is 55.4 Å². The smallest absolute Gasteiger partial charge is 0.0626 e. The number of hydrogen-bond donors (Lipinski definition) is 0. The van der Waals surface area contributed by atoms with Gasteiger partial charge in [-0.05, 0) is 0 Å². The van der Waals surface area contributed by atoms with E-state index in [1.54, 1.807) is 0 Å². The molecule has 5 heteroatoms. The zero-order valence-corrected chi connectivity index (χ0v) is 2.06. The van der Waals surface area contributed by atoms with E-state index in [2.05, 4.69) is 0 Å². The molecule has 0 aliphatic heterocycles. The quantitative estimate of drug-likeness (QED) is 0.271. The molecular weight excluding hydrogens is 91.1 g/mol. The van der Waals surface area contributed by atoms with Gasteiger partial charge in [-0.1, -0.05) is 33.7 Å².